The van der Waals surface area contributed by atoms with E-state index < -0.39 is 0 Å². The number of hydrogen-bond acceptors (Lipinski definition) is 2. The van der Waals surface area contributed by atoms with Crippen LogP contribution in [0.4, 0.5) is 0 Å². The van der Waals surface area contributed by atoms with E-state index in [4.69, 9.17) is 0 Å². The monoisotopic (exact) mass is 155 g/mol. The van der Waals surface area contributed by atoms with Gasteiger partial charge in [0.25, 0.3) is 0 Å². The molecule has 65 valence electrons. The average Bonchev–Trinajstić information content (AvgIpc) is 2.07. The molecule has 1 saturated heterocycles. The van der Waals surface area contributed by atoms with Crippen molar-refractivity contribution in [3.05, 3.63) is 6.54 Å². The van der Waals surface area contributed by atoms with Gasteiger partial charge in [-0.3, -0.25) is 4.90 Å². The van der Waals surface area contributed by atoms with Crippen LogP contribution in [0, 0.1) is 6.54 Å². The first-order chi connectivity index (χ1) is 5.36. The van der Waals surface area contributed by atoms with Gasteiger partial charge in [0, 0.05) is 32.7 Å². The maximum Gasteiger partial charge on any atom is 0.0221 e. The molecule has 1 radical (unpaired) electrons. The number of hydrogen-bond donors (Lipinski definition) is 0. The van der Waals surface area contributed by atoms with Gasteiger partial charge < -0.3 is 4.90 Å². The Labute approximate surface area is 70.2 Å². The Kier molecular flexibility index (Phi) is 3.87. The highest BCUT2D eigenvalue weighted by Gasteiger charge is 2.13. The zero-order valence-corrected chi connectivity index (χ0v) is 7.71. The van der Waals surface area contributed by atoms with E-state index in [0.29, 0.717) is 0 Å². The van der Waals surface area contributed by atoms with Crippen LogP contribution in [0.2, 0.25) is 0 Å². The fraction of sp³-hybridized carbons (Fsp3) is 0.889. The maximum absolute atomic E-state index is 2.54. The molecule has 1 fully saturated rings. The Morgan fingerprint density at radius 1 is 1.18 bits per heavy atom. The van der Waals surface area contributed by atoms with Crippen LogP contribution < -0.4 is 0 Å². The Morgan fingerprint density at radius 2 is 1.82 bits per heavy atom. The van der Waals surface area contributed by atoms with Crippen LogP contribution in [0.1, 0.15) is 20.3 Å². The minimum atomic E-state index is 1.22. The lowest BCUT2D eigenvalue weighted by atomic mass is 10.3. The average molecular weight is 155 g/mol. The highest BCUT2D eigenvalue weighted by atomic mass is 15.3. The lowest BCUT2D eigenvalue weighted by Gasteiger charge is -2.33. The van der Waals surface area contributed by atoms with E-state index in [1.54, 1.807) is 0 Å². The maximum atomic E-state index is 2.54. The molecule has 0 aromatic rings. The van der Waals surface area contributed by atoms with Crippen molar-refractivity contribution in [2.45, 2.75) is 20.3 Å². The molecular formula is C9H19N2. The molecule has 11 heavy (non-hydrogen) atoms. The first-order valence-electron chi connectivity index (χ1n) is 4.62. The molecule has 1 aliphatic heterocycles. The summed E-state index contributed by atoms with van der Waals surface area (Å²) in [5.41, 5.74) is 0. The van der Waals surface area contributed by atoms with Crippen LogP contribution in [-0.4, -0.2) is 42.5 Å². The van der Waals surface area contributed by atoms with E-state index >= 15 is 0 Å². The summed E-state index contributed by atoms with van der Waals surface area (Å²) in [5.74, 6) is 0. The van der Waals surface area contributed by atoms with Crippen molar-refractivity contribution in [1.29, 1.82) is 0 Å². The lowest BCUT2D eigenvalue weighted by Crippen LogP contribution is -2.44. The van der Waals surface area contributed by atoms with Crippen LogP contribution in [-0.2, 0) is 0 Å². The highest BCUT2D eigenvalue weighted by Crippen LogP contribution is 2.02. The molecule has 1 heterocycles. The zero-order valence-electron chi connectivity index (χ0n) is 7.71. The van der Waals surface area contributed by atoms with Crippen LogP contribution in [0.5, 0.6) is 0 Å². The SMILES string of the molecule is C[CH]N1CCN(CCC)CC1. The Morgan fingerprint density at radius 3 is 2.27 bits per heavy atom. The predicted molar refractivity (Wildman–Crippen MR) is 48.3 cm³/mol. The molecule has 0 saturated carbocycles. The van der Waals surface area contributed by atoms with Gasteiger partial charge in [-0.15, -0.1) is 0 Å². The molecule has 0 amide bonds. The van der Waals surface area contributed by atoms with Crippen LogP contribution in [0.15, 0.2) is 0 Å². The molecule has 0 bridgehead atoms. The molecule has 0 aromatic heterocycles. The summed E-state index contributed by atoms with van der Waals surface area (Å²) in [7, 11) is 0. The minimum Gasteiger partial charge on any atom is -0.301 e. The third kappa shape index (κ3) is 2.80. The highest BCUT2D eigenvalue weighted by molar-refractivity contribution is 4.74. The number of rotatable bonds is 3. The molecule has 1 rings (SSSR count). The topological polar surface area (TPSA) is 6.48 Å². The minimum absolute atomic E-state index is 1.22. The first-order valence-corrected chi connectivity index (χ1v) is 4.62. The van der Waals surface area contributed by atoms with Gasteiger partial charge in [0.2, 0.25) is 0 Å². The fourth-order valence-corrected chi connectivity index (χ4v) is 1.56. The molecule has 0 N–H and O–H groups in total. The molecule has 0 aliphatic carbocycles. The molecule has 0 atom stereocenters. The van der Waals surface area contributed by atoms with Crippen LogP contribution in [0.3, 0.4) is 0 Å². The van der Waals surface area contributed by atoms with Crippen molar-refractivity contribution in [1.82, 2.24) is 9.80 Å². The molecule has 2 nitrogen and oxygen atoms in total. The number of piperazine rings is 1. The van der Waals surface area contributed by atoms with Crippen molar-refractivity contribution < 1.29 is 0 Å². The standard InChI is InChI=1S/C9H19N2/c1-3-5-11-8-6-10(4-2)7-9-11/h4H,3,5-9H2,1-2H3. The van der Waals surface area contributed by atoms with E-state index in [1.165, 1.54) is 39.1 Å². The van der Waals surface area contributed by atoms with Crippen molar-refractivity contribution in [3.63, 3.8) is 0 Å². The van der Waals surface area contributed by atoms with Gasteiger partial charge in [-0.2, -0.15) is 0 Å². The van der Waals surface area contributed by atoms with Crippen molar-refractivity contribution >= 4 is 0 Å². The second-order valence-electron chi connectivity index (χ2n) is 3.14. The molecule has 0 unspecified atom stereocenters. The second-order valence-corrected chi connectivity index (χ2v) is 3.14. The summed E-state index contributed by atoms with van der Waals surface area (Å²) in [6.07, 6.45) is 1.29. The van der Waals surface area contributed by atoms with Gasteiger partial charge in [0.05, 0.1) is 0 Å². The zero-order chi connectivity index (χ0) is 8.10. The number of nitrogens with zero attached hydrogens (tertiary/aromatic N) is 2. The van der Waals surface area contributed by atoms with Crippen LogP contribution >= 0.6 is 0 Å². The smallest absolute Gasteiger partial charge is 0.0221 e. The molecule has 2 heteroatoms. The van der Waals surface area contributed by atoms with Gasteiger partial charge in [0.15, 0.2) is 0 Å². The van der Waals surface area contributed by atoms with Crippen LogP contribution in [0.25, 0.3) is 0 Å². The van der Waals surface area contributed by atoms with Gasteiger partial charge >= 0.3 is 0 Å². The van der Waals surface area contributed by atoms with E-state index in [2.05, 4.69) is 30.2 Å². The van der Waals surface area contributed by atoms with Crippen molar-refractivity contribution in [3.8, 4) is 0 Å². The van der Waals surface area contributed by atoms with Gasteiger partial charge in [-0.1, -0.05) is 6.92 Å². The molecule has 0 aromatic carbocycles. The third-order valence-corrected chi connectivity index (χ3v) is 2.31. The fourth-order valence-electron chi connectivity index (χ4n) is 1.56. The van der Waals surface area contributed by atoms with Crippen molar-refractivity contribution in [2.24, 2.45) is 0 Å². The summed E-state index contributed by atoms with van der Waals surface area (Å²) in [5, 5.41) is 0. The van der Waals surface area contributed by atoms with E-state index in [1.807, 2.05) is 0 Å². The first kappa shape index (κ1) is 9.01. The Bertz CT molecular complexity index is 95.7. The van der Waals surface area contributed by atoms with Crippen molar-refractivity contribution in [2.75, 3.05) is 32.7 Å². The van der Waals surface area contributed by atoms with Gasteiger partial charge in [0.1, 0.15) is 0 Å². The van der Waals surface area contributed by atoms with E-state index in [-0.39, 0.29) is 0 Å². The summed E-state index contributed by atoms with van der Waals surface area (Å²) >= 11 is 0. The quantitative estimate of drug-likeness (QED) is 0.604. The Hall–Kier alpha value is -0.0800. The molecular weight excluding hydrogens is 136 g/mol. The van der Waals surface area contributed by atoms with E-state index in [0.717, 1.165) is 0 Å². The van der Waals surface area contributed by atoms with Gasteiger partial charge in [-0.05, 0) is 19.9 Å². The summed E-state index contributed by atoms with van der Waals surface area (Å²) in [6, 6.07) is 0. The molecule has 0 spiro atoms. The lowest BCUT2D eigenvalue weighted by molar-refractivity contribution is 0.156. The third-order valence-electron chi connectivity index (χ3n) is 2.31. The second kappa shape index (κ2) is 4.73. The summed E-state index contributed by atoms with van der Waals surface area (Å²) < 4.78 is 0. The Balaban J connectivity index is 2.14. The van der Waals surface area contributed by atoms with E-state index in [9.17, 15) is 0 Å². The summed E-state index contributed by atoms with van der Waals surface area (Å²) in [4.78, 5) is 4.94. The largest absolute Gasteiger partial charge is 0.301 e. The summed E-state index contributed by atoms with van der Waals surface area (Å²) in [6.45, 7) is 12.8. The van der Waals surface area contributed by atoms with Gasteiger partial charge in [-0.25, -0.2) is 0 Å². The predicted octanol–water partition coefficient (Wildman–Crippen LogP) is 1.20. The molecule has 1 aliphatic rings. The normalized spacial score (nSPS) is 22.4.